The lowest BCUT2D eigenvalue weighted by atomic mass is 9.62. The number of hydrogen-bond donors (Lipinski definition) is 0. The molecule has 1 nitrogen and oxygen atoms in total. The van der Waals surface area contributed by atoms with Gasteiger partial charge in [0.1, 0.15) is 0 Å². The van der Waals surface area contributed by atoms with Gasteiger partial charge in [-0.2, -0.15) is 5.26 Å². The first-order valence-corrected chi connectivity index (χ1v) is 3.59. The third-order valence-corrected chi connectivity index (χ3v) is 2.97. The number of nitriles is 1. The highest BCUT2D eigenvalue weighted by Crippen LogP contribution is 2.66. The number of rotatable bonds is 0. The van der Waals surface area contributed by atoms with Crippen LogP contribution in [0.3, 0.4) is 0 Å². The van der Waals surface area contributed by atoms with Gasteiger partial charge in [-0.3, -0.25) is 0 Å². The third kappa shape index (κ3) is 0.489. The smallest absolute Gasteiger partial charge is 0.0690 e. The lowest BCUT2D eigenvalue weighted by Crippen LogP contribution is -2.33. The predicted molar refractivity (Wildman–Crippen MR) is 34.6 cm³/mol. The van der Waals surface area contributed by atoms with Gasteiger partial charge in [0.2, 0.25) is 0 Å². The van der Waals surface area contributed by atoms with Crippen molar-refractivity contribution in [2.24, 2.45) is 10.8 Å². The van der Waals surface area contributed by atoms with E-state index in [2.05, 4.69) is 13.0 Å². The molecular weight excluding hydrogens is 110 g/mol. The Morgan fingerprint density at radius 2 is 2.00 bits per heavy atom. The molecule has 3 aliphatic rings. The summed E-state index contributed by atoms with van der Waals surface area (Å²) in [7, 11) is 0. The van der Waals surface area contributed by atoms with Crippen LogP contribution in [0.2, 0.25) is 0 Å². The molecule has 0 aromatic carbocycles. The fourth-order valence-corrected chi connectivity index (χ4v) is 2.61. The van der Waals surface area contributed by atoms with E-state index >= 15 is 0 Å². The van der Waals surface area contributed by atoms with Crippen LogP contribution in [0.4, 0.5) is 0 Å². The molecule has 2 bridgehead atoms. The summed E-state index contributed by atoms with van der Waals surface area (Å²) in [5.41, 5.74) is 0.727. The van der Waals surface area contributed by atoms with Crippen LogP contribution in [0.15, 0.2) is 0 Å². The molecule has 0 heterocycles. The van der Waals surface area contributed by atoms with Gasteiger partial charge in [0.15, 0.2) is 0 Å². The summed E-state index contributed by atoms with van der Waals surface area (Å²) in [4.78, 5) is 0. The molecule has 0 radical (unpaired) electrons. The van der Waals surface area contributed by atoms with E-state index in [9.17, 15) is 0 Å². The van der Waals surface area contributed by atoms with E-state index in [1.165, 1.54) is 25.7 Å². The van der Waals surface area contributed by atoms with Gasteiger partial charge in [0, 0.05) is 0 Å². The molecule has 3 fully saturated rings. The second-order valence-corrected chi connectivity index (χ2v) is 4.06. The Morgan fingerprint density at radius 1 is 1.33 bits per heavy atom. The highest BCUT2D eigenvalue weighted by molar-refractivity contribution is 5.17. The first-order valence-electron chi connectivity index (χ1n) is 3.59. The molecule has 3 rings (SSSR count). The van der Waals surface area contributed by atoms with Crippen LogP contribution in [-0.4, -0.2) is 0 Å². The maximum absolute atomic E-state index is 8.73. The summed E-state index contributed by atoms with van der Waals surface area (Å²) in [6.45, 7) is 2.30. The average Bonchev–Trinajstić information content (AvgIpc) is 2.20. The lowest BCUT2D eigenvalue weighted by Gasteiger charge is -2.40. The van der Waals surface area contributed by atoms with Gasteiger partial charge < -0.3 is 0 Å². The van der Waals surface area contributed by atoms with Crippen molar-refractivity contribution < 1.29 is 0 Å². The Kier molecular flexibility index (Phi) is 0.682. The molecule has 0 amide bonds. The van der Waals surface area contributed by atoms with Gasteiger partial charge in [0.05, 0.1) is 11.5 Å². The van der Waals surface area contributed by atoms with E-state index in [-0.39, 0.29) is 5.41 Å². The molecule has 0 spiro atoms. The Morgan fingerprint density at radius 3 is 2.22 bits per heavy atom. The van der Waals surface area contributed by atoms with Crippen molar-refractivity contribution in [2.45, 2.75) is 32.6 Å². The van der Waals surface area contributed by atoms with Crippen molar-refractivity contribution in [3.05, 3.63) is 0 Å². The van der Waals surface area contributed by atoms with Gasteiger partial charge in [-0.1, -0.05) is 6.92 Å². The van der Waals surface area contributed by atoms with E-state index in [0.717, 1.165) is 0 Å². The maximum atomic E-state index is 8.73. The maximum Gasteiger partial charge on any atom is 0.0690 e. The van der Waals surface area contributed by atoms with Crippen LogP contribution in [0.25, 0.3) is 0 Å². The monoisotopic (exact) mass is 121 g/mol. The summed E-state index contributed by atoms with van der Waals surface area (Å²) < 4.78 is 0. The van der Waals surface area contributed by atoms with E-state index < -0.39 is 0 Å². The highest BCUT2D eigenvalue weighted by atomic mass is 14.6. The topological polar surface area (TPSA) is 23.8 Å². The Hall–Kier alpha value is -0.510. The zero-order valence-corrected chi connectivity index (χ0v) is 5.78. The first kappa shape index (κ1) is 5.29. The summed E-state index contributed by atoms with van der Waals surface area (Å²) in [6, 6.07) is 2.43. The second-order valence-electron chi connectivity index (χ2n) is 4.06. The minimum Gasteiger partial charge on any atom is -0.198 e. The van der Waals surface area contributed by atoms with Crippen LogP contribution in [0.5, 0.6) is 0 Å². The average molecular weight is 121 g/mol. The van der Waals surface area contributed by atoms with Crippen LogP contribution in [0, 0.1) is 22.2 Å². The number of nitrogens with zero attached hydrogens (tertiary/aromatic N) is 1. The van der Waals surface area contributed by atoms with Gasteiger partial charge in [0.25, 0.3) is 0 Å². The quantitative estimate of drug-likeness (QED) is 0.481. The van der Waals surface area contributed by atoms with Gasteiger partial charge in [-0.25, -0.2) is 0 Å². The molecule has 0 aliphatic heterocycles. The largest absolute Gasteiger partial charge is 0.198 e. The van der Waals surface area contributed by atoms with Gasteiger partial charge in [-0.15, -0.1) is 0 Å². The Labute approximate surface area is 55.7 Å². The SMILES string of the molecule is CC12CCC(C#N)(C1)C2. The van der Waals surface area contributed by atoms with Gasteiger partial charge >= 0.3 is 0 Å². The highest BCUT2D eigenvalue weighted by Gasteiger charge is 2.58. The van der Waals surface area contributed by atoms with Crippen molar-refractivity contribution in [2.75, 3.05) is 0 Å². The van der Waals surface area contributed by atoms with Crippen LogP contribution in [0.1, 0.15) is 32.6 Å². The van der Waals surface area contributed by atoms with Crippen LogP contribution >= 0.6 is 0 Å². The zero-order valence-electron chi connectivity index (χ0n) is 5.78. The third-order valence-electron chi connectivity index (χ3n) is 2.97. The molecule has 0 atom stereocenters. The van der Waals surface area contributed by atoms with Crippen LogP contribution < -0.4 is 0 Å². The predicted octanol–water partition coefficient (Wildman–Crippen LogP) is 2.09. The molecule has 0 unspecified atom stereocenters. The Balaban J connectivity index is 2.24. The first-order chi connectivity index (χ1) is 4.18. The standard InChI is InChI=1S/C8H11N/c1-7-2-3-8(4-7,5-7)6-9/h2-5H2,1H3. The summed E-state index contributed by atoms with van der Waals surface area (Å²) in [6.07, 6.45) is 4.81. The van der Waals surface area contributed by atoms with Crippen molar-refractivity contribution in [3.8, 4) is 6.07 Å². The molecule has 0 saturated heterocycles. The molecule has 3 aliphatic carbocycles. The molecular formula is C8H11N. The molecule has 3 saturated carbocycles. The second kappa shape index (κ2) is 1.16. The van der Waals surface area contributed by atoms with Crippen molar-refractivity contribution in [1.82, 2.24) is 0 Å². The van der Waals surface area contributed by atoms with Gasteiger partial charge in [-0.05, 0) is 31.1 Å². The van der Waals surface area contributed by atoms with E-state index in [1.54, 1.807) is 0 Å². The summed E-state index contributed by atoms with van der Waals surface area (Å²) >= 11 is 0. The van der Waals surface area contributed by atoms with Crippen molar-refractivity contribution in [3.63, 3.8) is 0 Å². The molecule has 0 aromatic rings. The normalized spacial score (nSPS) is 54.2. The lowest BCUT2D eigenvalue weighted by molar-refractivity contribution is 0.114. The van der Waals surface area contributed by atoms with Crippen molar-refractivity contribution >= 4 is 0 Å². The van der Waals surface area contributed by atoms with Crippen LogP contribution in [-0.2, 0) is 0 Å². The summed E-state index contributed by atoms with van der Waals surface area (Å²) in [5, 5.41) is 8.73. The van der Waals surface area contributed by atoms with E-state index in [1.807, 2.05) is 0 Å². The minimum atomic E-state index is 0.148. The Bertz CT molecular complexity index is 181. The minimum absolute atomic E-state index is 0.148. The molecule has 9 heavy (non-hydrogen) atoms. The molecule has 0 N–H and O–H groups in total. The number of fused-ring (bicyclic) bond motifs is 1. The fraction of sp³-hybridized carbons (Fsp3) is 0.875. The molecule has 0 aromatic heterocycles. The number of hydrogen-bond acceptors (Lipinski definition) is 1. The van der Waals surface area contributed by atoms with Crippen molar-refractivity contribution in [1.29, 1.82) is 5.26 Å². The zero-order chi connectivity index (χ0) is 6.54. The molecule has 1 heteroatoms. The fourth-order valence-electron chi connectivity index (χ4n) is 2.61. The van der Waals surface area contributed by atoms with E-state index in [0.29, 0.717) is 5.41 Å². The van der Waals surface area contributed by atoms with E-state index in [4.69, 9.17) is 5.26 Å². The molecule has 48 valence electrons. The summed E-state index contributed by atoms with van der Waals surface area (Å²) in [5.74, 6) is 0.